The van der Waals surface area contributed by atoms with Gasteiger partial charge in [0.05, 0.1) is 10.6 Å². The second kappa shape index (κ2) is 13.1. The molecule has 0 aliphatic heterocycles. The van der Waals surface area contributed by atoms with Crippen LogP contribution in [-0.2, 0) is 26.2 Å². The number of sulfonamides is 1. The normalized spacial score (nSPS) is 12.2. The van der Waals surface area contributed by atoms with Gasteiger partial charge in [-0.25, -0.2) is 12.8 Å². The molecule has 0 spiro atoms. The molecule has 39 heavy (non-hydrogen) atoms. The number of nitrogens with one attached hydrogen (secondary N) is 1. The standard InChI is InChI=1S/C29H33ClFN3O4S/c1-5-26(29(36)32-20(2)3)33(18-22-10-6-7-11-24(22)30)28(35)19-34(27-13-9-8-12-25(27)31)39(37,38)23-16-14-21(4)15-17-23/h6-17,20,26H,5,18-19H2,1-4H3,(H,32,36). The highest BCUT2D eigenvalue weighted by molar-refractivity contribution is 7.92. The van der Waals surface area contributed by atoms with E-state index in [-0.39, 0.29) is 35.5 Å². The number of carbonyl (C=O) groups is 2. The number of para-hydroxylation sites is 1. The van der Waals surface area contributed by atoms with E-state index in [0.29, 0.717) is 10.6 Å². The fourth-order valence-corrected chi connectivity index (χ4v) is 5.73. The van der Waals surface area contributed by atoms with E-state index >= 15 is 0 Å². The molecule has 1 unspecified atom stereocenters. The lowest BCUT2D eigenvalue weighted by Gasteiger charge is -2.33. The molecule has 1 N–H and O–H groups in total. The first-order valence-electron chi connectivity index (χ1n) is 12.6. The zero-order chi connectivity index (χ0) is 28.7. The molecule has 0 heterocycles. The van der Waals surface area contributed by atoms with Crippen molar-refractivity contribution in [2.45, 2.75) is 57.6 Å². The summed E-state index contributed by atoms with van der Waals surface area (Å²) in [7, 11) is -4.36. The minimum atomic E-state index is -4.36. The van der Waals surface area contributed by atoms with Crippen molar-refractivity contribution < 1.29 is 22.4 Å². The number of rotatable bonds is 11. The minimum absolute atomic E-state index is 0.0434. The number of aryl methyl sites for hydroxylation is 1. The summed E-state index contributed by atoms with van der Waals surface area (Å²) in [6, 6.07) is 17.2. The largest absolute Gasteiger partial charge is 0.352 e. The molecule has 3 rings (SSSR count). The van der Waals surface area contributed by atoms with Crippen molar-refractivity contribution in [3.05, 3.63) is 94.8 Å². The molecule has 3 aromatic rings. The smallest absolute Gasteiger partial charge is 0.264 e. The first-order valence-corrected chi connectivity index (χ1v) is 14.4. The van der Waals surface area contributed by atoms with E-state index in [1.807, 2.05) is 6.92 Å². The molecule has 0 aliphatic carbocycles. The van der Waals surface area contributed by atoms with Crippen molar-refractivity contribution in [2.24, 2.45) is 0 Å². The molecule has 0 radical (unpaired) electrons. The molecule has 0 fully saturated rings. The summed E-state index contributed by atoms with van der Waals surface area (Å²) < 4.78 is 43.3. The van der Waals surface area contributed by atoms with Crippen LogP contribution in [0.1, 0.15) is 38.3 Å². The molecule has 7 nitrogen and oxygen atoms in total. The predicted octanol–water partition coefficient (Wildman–Crippen LogP) is 5.31. The van der Waals surface area contributed by atoms with Crippen molar-refractivity contribution in [2.75, 3.05) is 10.8 Å². The molecule has 208 valence electrons. The van der Waals surface area contributed by atoms with Gasteiger partial charge < -0.3 is 10.2 Å². The van der Waals surface area contributed by atoms with Crippen molar-refractivity contribution in [1.29, 1.82) is 0 Å². The third-order valence-electron chi connectivity index (χ3n) is 6.12. The van der Waals surface area contributed by atoms with Crippen LogP contribution in [0.25, 0.3) is 0 Å². The Hall–Kier alpha value is -3.43. The van der Waals surface area contributed by atoms with Crippen molar-refractivity contribution in [1.82, 2.24) is 10.2 Å². The lowest BCUT2D eigenvalue weighted by Crippen LogP contribution is -2.53. The Morgan fingerprint density at radius 2 is 1.59 bits per heavy atom. The molecule has 0 aromatic heterocycles. The maximum atomic E-state index is 15.0. The highest BCUT2D eigenvalue weighted by Crippen LogP contribution is 2.28. The third kappa shape index (κ3) is 7.36. The Morgan fingerprint density at radius 1 is 0.974 bits per heavy atom. The molecule has 3 aromatic carbocycles. The van der Waals surface area contributed by atoms with E-state index in [2.05, 4.69) is 5.32 Å². The fourth-order valence-electron chi connectivity index (χ4n) is 4.12. The van der Waals surface area contributed by atoms with Gasteiger partial charge in [-0.1, -0.05) is 66.6 Å². The molecular formula is C29H33ClFN3O4S. The Bertz CT molecular complexity index is 1410. The first-order chi connectivity index (χ1) is 18.4. The van der Waals surface area contributed by atoms with Crippen molar-refractivity contribution >= 4 is 39.1 Å². The molecule has 0 saturated carbocycles. The lowest BCUT2D eigenvalue weighted by atomic mass is 10.1. The van der Waals surface area contributed by atoms with E-state index < -0.39 is 34.3 Å². The van der Waals surface area contributed by atoms with Gasteiger partial charge in [-0.2, -0.15) is 0 Å². The number of hydrogen-bond donors (Lipinski definition) is 1. The third-order valence-corrected chi connectivity index (χ3v) is 8.27. The van der Waals surface area contributed by atoms with Crippen LogP contribution in [0, 0.1) is 12.7 Å². The molecule has 0 saturated heterocycles. The summed E-state index contributed by atoms with van der Waals surface area (Å²) in [5.74, 6) is -1.87. The number of nitrogens with zero attached hydrogens (tertiary/aromatic N) is 2. The van der Waals surface area contributed by atoms with Crippen LogP contribution in [0.3, 0.4) is 0 Å². The summed E-state index contributed by atoms with van der Waals surface area (Å²) >= 11 is 6.38. The Labute approximate surface area is 234 Å². The van der Waals surface area contributed by atoms with Gasteiger partial charge in [-0.3, -0.25) is 13.9 Å². The molecule has 0 bridgehead atoms. The highest BCUT2D eigenvalue weighted by atomic mass is 35.5. The summed E-state index contributed by atoms with van der Waals surface area (Å²) in [5.41, 5.74) is 1.15. The van der Waals surface area contributed by atoms with Gasteiger partial charge in [-0.15, -0.1) is 0 Å². The first kappa shape index (κ1) is 30.1. The molecule has 10 heteroatoms. The Balaban J connectivity index is 2.09. The molecule has 1 atom stereocenters. The van der Waals surface area contributed by atoms with Crippen molar-refractivity contribution in [3.63, 3.8) is 0 Å². The number of amides is 2. The quantitative estimate of drug-likeness (QED) is 0.337. The van der Waals surface area contributed by atoms with Crippen LogP contribution >= 0.6 is 11.6 Å². The van der Waals surface area contributed by atoms with Gasteiger partial charge in [0.1, 0.15) is 18.4 Å². The van der Waals surface area contributed by atoms with Crippen LogP contribution < -0.4 is 9.62 Å². The monoisotopic (exact) mass is 573 g/mol. The summed E-state index contributed by atoms with van der Waals surface area (Å²) in [6.45, 7) is 6.41. The molecular weight excluding hydrogens is 541 g/mol. The second-order valence-corrected chi connectivity index (χ2v) is 11.7. The highest BCUT2D eigenvalue weighted by Gasteiger charge is 2.34. The summed E-state index contributed by atoms with van der Waals surface area (Å²) in [4.78, 5) is 28.3. The van der Waals surface area contributed by atoms with E-state index in [1.54, 1.807) is 57.2 Å². The maximum Gasteiger partial charge on any atom is 0.264 e. The van der Waals surface area contributed by atoms with E-state index in [1.165, 1.54) is 35.2 Å². The van der Waals surface area contributed by atoms with Crippen LogP contribution in [0.2, 0.25) is 5.02 Å². The number of halogens is 2. The van der Waals surface area contributed by atoms with Gasteiger partial charge in [-0.05, 0) is 63.1 Å². The maximum absolute atomic E-state index is 15.0. The minimum Gasteiger partial charge on any atom is -0.352 e. The van der Waals surface area contributed by atoms with Gasteiger partial charge in [0.25, 0.3) is 10.0 Å². The Kier molecular flexibility index (Phi) is 10.1. The van der Waals surface area contributed by atoms with Gasteiger partial charge >= 0.3 is 0 Å². The predicted molar refractivity (Wildman–Crippen MR) is 151 cm³/mol. The number of carbonyl (C=O) groups excluding carboxylic acids is 2. The average molecular weight is 574 g/mol. The van der Waals surface area contributed by atoms with E-state index in [9.17, 15) is 22.4 Å². The Morgan fingerprint density at radius 3 is 2.18 bits per heavy atom. The number of anilines is 1. The number of hydrogen-bond acceptors (Lipinski definition) is 4. The molecule has 0 aliphatic rings. The van der Waals surface area contributed by atoms with E-state index in [4.69, 9.17) is 11.6 Å². The van der Waals surface area contributed by atoms with Crippen LogP contribution in [0.5, 0.6) is 0 Å². The fraction of sp³-hybridized carbons (Fsp3) is 0.310. The second-order valence-electron chi connectivity index (χ2n) is 9.48. The molecule has 2 amide bonds. The van der Waals surface area contributed by atoms with Crippen LogP contribution in [-0.4, -0.2) is 43.8 Å². The van der Waals surface area contributed by atoms with Gasteiger partial charge in [0, 0.05) is 17.6 Å². The van der Waals surface area contributed by atoms with Crippen molar-refractivity contribution in [3.8, 4) is 0 Å². The topological polar surface area (TPSA) is 86.8 Å². The number of benzene rings is 3. The zero-order valence-electron chi connectivity index (χ0n) is 22.4. The zero-order valence-corrected chi connectivity index (χ0v) is 24.0. The lowest BCUT2D eigenvalue weighted by molar-refractivity contribution is -0.140. The summed E-state index contributed by atoms with van der Waals surface area (Å²) in [6.07, 6.45) is 0.263. The van der Waals surface area contributed by atoms with Gasteiger partial charge in [0.2, 0.25) is 11.8 Å². The van der Waals surface area contributed by atoms with Crippen LogP contribution in [0.4, 0.5) is 10.1 Å². The average Bonchev–Trinajstić information content (AvgIpc) is 2.88. The van der Waals surface area contributed by atoms with E-state index in [0.717, 1.165) is 15.9 Å². The van der Waals surface area contributed by atoms with Crippen LogP contribution in [0.15, 0.2) is 77.7 Å². The van der Waals surface area contributed by atoms with Gasteiger partial charge in [0.15, 0.2) is 0 Å². The summed E-state index contributed by atoms with van der Waals surface area (Å²) in [5, 5.41) is 3.22. The SMILES string of the molecule is CCC(C(=O)NC(C)C)N(Cc1ccccc1Cl)C(=O)CN(c1ccccc1F)S(=O)(=O)c1ccc(C)cc1.